The van der Waals surface area contributed by atoms with Crippen molar-refractivity contribution >= 4 is 39.6 Å². The first-order valence-electron chi connectivity index (χ1n) is 7.42. The molecule has 3 rings (SSSR count). The van der Waals surface area contributed by atoms with Crippen LogP contribution in [0.15, 0.2) is 61.2 Å². The summed E-state index contributed by atoms with van der Waals surface area (Å²) in [5.41, 5.74) is 2.51. The average Bonchev–Trinajstić information content (AvgIpc) is 2.83. The van der Waals surface area contributed by atoms with Crippen molar-refractivity contribution in [3.63, 3.8) is 0 Å². The lowest BCUT2D eigenvalue weighted by Gasteiger charge is -2.08. The fraction of sp³-hybridized carbons (Fsp3) is 0.167. The van der Waals surface area contributed by atoms with Crippen LogP contribution in [-0.2, 0) is 13.1 Å². The van der Waals surface area contributed by atoms with Crippen LogP contribution in [0.4, 0.5) is 0 Å². The minimum absolute atomic E-state index is 0. The minimum Gasteiger partial charge on any atom is -0.492 e. The van der Waals surface area contributed by atoms with Crippen molar-refractivity contribution in [2.75, 3.05) is 6.61 Å². The fourth-order valence-corrected chi connectivity index (χ4v) is 2.75. The van der Waals surface area contributed by atoms with Gasteiger partial charge in [-0.2, -0.15) is 0 Å². The first-order valence-corrected chi connectivity index (χ1v) is 7.80. The zero-order chi connectivity index (χ0) is 16.2. The van der Waals surface area contributed by atoms with Crippen LogP contribution in [-0.4, -0.2) is 15.7 Å². The smallest absolute Gasteiger partial charge is 0.203 e. The van der Waals surface area contributed by atoms with Crippen molar-refractivity contribution in [3.8, 4) is 5.75 Å². The number of allylic oxidation sites excluding steroid dienone is 1. The standard InChI is InChI=1S/C18H18ClN3O.BrH/c1-2-11-21-16-5-3-4-6-17(16)22(18(21)20)12-13-23-15-9-7-14(19)8-10-15;/h2-10,20H,1,11-13H2;1H. The highest BCUT2D eigenvalue weighted by Gasteiger charge is 2.09. The van der Waals surface area contributed by atoms with Crippen molar-refractivity contribution in [1.82, 2.24) is 9.13 Å². The highest BCUT2D eigenvalue weighted by Crippen LogP contribution is 2.16. The molecule has 24 heavy (non-hydrogen) atoms. The Morgan fingerprint density at radius 3 is 2.29 bits per heavy atom. The Morgan fingerprint density at radius 2 is 1.67 bits per heavy atom. The molecule has 2 aromatic carbocycles. The van der Waals surface area contributed by atoms with Gasteiger partial charge in [0.1, 0.15) is 12.4 Å². The molecule has 0 spiro atoms. The second-order valence-corrected chi connectivity index (χ2v) is 5.60. The Labute approximate surface area is 156 Å². The van der Waals surface area contributed by atoms with E-state index in [0.29, 0.717) is 30.3 Å². The molecule has 0 radical (unpaired) electrons. The van der Waals surface area contributed by atoms with E-state index in [2.05, 4.69) is 6.58 Å². The number of fused-ring (bicyclic) bond motifs is 1. The van der Waals surface area contributed by atoms with E-state index in [9.17, 15) is 0 Å². The lowest BCUT2D eigenvalue weighted by Crippen LogP contribution is -2.26. The maximum atomic E-state index is 8.39. The maximum absolute atomic E-state index is 8.39. The van der Waals surface area contributed by atoms with Gasteiger partial charge in [0, 0.05) is 11.6 Å². The van der Waals surface area contributed by atoms with Gasteiger partial charge in [0.05, 0.1) is 17.6 Å². The molecule has 0 aliphatic carbocycles. The van der Waals surface area contributed by atoms with Crippen LogP contribution in [0, 0.1) is 5.41 Å². The van der Waals surface area contributed by atoms with Crippen molar-refractivity contribution in [1.29, 1.82) is 5.41 Å². The van der Waals surface area contributed by atoms with E-state index in [0.717, 1.165) is 16.8 Å². The molecule has 0 amide bonds. The Morgan fingerprint density at radius 1 is 1.04 bits per heavy atom. The van der Waals surface area contributed by atoms with Crippen LogP contribution < -0.4 is 10.4 Å². The fourth-order valence-electron chi connectivity index (χ4n) is 2.62. The summed E-state index contributed by atoms with van der Waals surface area (Å²) < 4.78 is 9.63. The van der Waals surface area contributed by atoms with E-state index >= 15 is 0 Å². The van der Waals surface area contributed by atoms with Gasteiger partial charge in [-0.25, -0.2) is 0 Å². The number of nitrogens with one attached hydrogen (secondary N) is 1. The molecule has 0 aliphatic heterocycles. The van der Waals surface area contributed by atoms with E-state index in [1.54, 1.807) is 18.2 Å². The van der Waals surface area contributed by atoms with Crippen LogP contribution >= 0.6 is 28.6 Å². The third kappa shape index (κ3) is 3.74. The molecule has 1 heterocycles. The van der Waals surface area contributed by atoms with Crippen LogP contribution in [0.5, 0.6) is 5.75 Å². The second kappa shape index (κ2) is 8.22. The third-order valence-electron chi connectivity index (χ3n) is 3.68. The molecule has 4 nitrogen and oxygen atoms in total. The molecule has 126 valence electrons. The summed E-state index contributed by atoms with van der Waals surface area (Å²) in [6.45, 7) is 5.48. The van der Waals surface area contributed by atoms with Gasteiger partial charge in [-0.1, -0.05) is 29.8 Å². The molecule has 0 saturated heterocycles. The van der Waals surface area contributed by atoms with Gasteiger partial charge in [-0.3, -0.25) is 5.41 Å². The Bertz CT molecular complexity index is 883. The topological polar surface area (TPSA) is 42.9 Å². The van der Waals surface area contributed by atoms with Crippen LogP contribution in [0.3, 0.4) is 0 Å². The number of hydrogen-bond acceptors (Lipinski definition) is 2. The summed E-state index contributed by atoms with van der Waals surface area (Å²) >= 11 is 5.86. The molecule has 3 aromatic rings. The molecule has 0 bridgehead atoms. The summed E-state index contributed by atoms with van der Waals surface area (Å²) in [5.74, 6) is 0.774. The molecule has 1 aromatic heterocycles. The summed E-state index contributed by atoms with van der Waals surface area (Å²) in [4.78, 5) is 0. The van der Waals surface area contributed by atoms with Gasteiger partial charge in [0.25, 0.3) is 0 Å². The van der Waals surface area contributed by atoms with E-state index in [-0.39, 0.29) is 17.0 Å². The van der Waals surface area contributed by atoms with Gasteiger partial charge in [0.2, 0.25) is 5.62 Å². The number of ether oxygens (including phenoxy) is 1. The number of halogens is 2. The second-order valence-electron chi connectivity index (χ2n) is 5.17. The molecule has 0 saturated carbocycles. The number of rotatable bonds is 6. The molecular weight excluding hydrogens is 390 g/mol. The van der Waals surface area contributed by atoms with Crippen molar-refractivity contribution in [2.24, 2.45) is 0 Å². The molecule has 6 heteroatoms. The molecule has 0 aliphatic rings. The largest absolute Gasteiger partial charge is 0.492 e. The zero-order valence-electron chi connectivity index (χ0n) is 13.1. The van der Waals surface area contributed by atoms with Gasteiger partial charge in [0.15, 0.2) is 0 Å². The number of nitrogens with zero attached hydrogens (tertiary/aromatic N) is 2. The predicted octanol–water partition coefficient (Wildman–Crippen LogP) is 4.42. The third-order valence-corrected chi connectivity index (χ3v) is 3.94. The number of hydrogen-bond donors (Lipinski definition) is 1. The summed E-state index contributed by atoms with van der Waals surface area (Å²) in [6, 6.07) is 15.3. The Hall–Kier alpha value is -1.98. The average molecular weight is 409 g/mol. The van der Waals surface area contributed by atoms with Crippen molar-refractivity contribution < 1.29 is 4.74 Å². The van der Waals surface area contributed by atoms with Crippen LogP contribution in [0.1, 0.15) is 0 Å². The van der Waals surface area contributed by atoms with Gasteiger partial charge < -0.3 is 13.9 Å². The highest BCUT2D eigenvalue weighted by atomic mass is 79.9. The number of aromatic nitrogens is 2. The van der Waals surface area contributed by atoms with E-state index < -0.39 is 0 Å². The van der Waals surface area contributed by atoms with Crippen molar-refractivity contribution in [2.45, 2.75) is 13.1 Å². The van der Waals surface area contributed by atoms with Gasteiger partial charge in [-0.15, -0.1) is 23.6 Å². The summed E-state index contributed by atoms with van der Waals surface area (Å²) in [7, 11) is 0. The normalized spacial score (nSPS) is 10.4. The predicted molar refractivity (Wildman–Crippen MR) is 103 cm³/mol. The molecule has 0 unspecified atom stereocenters. The molecule has 0 atom stereocenters. The highest BCUT2D eigenvalue weighted by molar-refractivity contribution is 8.93. The van der Waals surface area contributed by atoms with E-state index in [1.807, 2.05) is 45.5 Å². The van der Waals surface area contributed by atoms with Crippen LogP contribution in [0.25, 0.3) is 11.0 Å². The zero-order valence-corrected chi connectivity index (χ0v) is 15.6. The molecule has 0 fully saturated rings. The molecular formula is C18H19BrClN3O. The monoisotopic (exact) mass is 407 g/mol. The minimum atomic E-state index is 0. The van der Waals surface area contributed by atoms with Gasteiger partial charge in [-0.05, 0) is 36.4 Å². The van der Waals surface area contributed by atoms with Gasteiger partial charge >= 0.3 is 0 Å². The van der Waals surface area contributed by atoms with Crippen molar-refractivity contribution in [3.05, 3.63) is 71.8 Å². The van der Waals surface area contributed by atoms with Crippen LogP contribution in [0.2, 0.25) is 5.02 Å². The number of para-hydroxylation sites is 2. The van der Waals surface area contributed by atoms with E-state index in [1.165, 1.54) is 0 Å². The summed E-state index contributed by atoms with van der Waals surface area (Å²) in [5, 5.41) is 9.08. The first kappa shape index (κ1) is 18.4. The number of imidazole rings is 1. The number of benzene rings is 2. The SMILES string of the molecule is Br.C=CCn1c(=N)n(CCOc2ccc(Cl)cc2)c2ccccc21. The lowest BCUT2D eigenvalue weighted by atomic mass is 10.3. The Kier molecular flexibility index (Phi) is 6.29. The summed E-state index contributed by atoms with van der Waals surface area (Å²) in [6.07, 6.45) is 1.80. The maximum Gasteiger partial charge on any atom is 0.203 e. The van der Waals surface area contributed by atoms with E-state index in [4.69, 9.17) is 21.7 Å². The quantitative estimate of drug-likeness (QED) is 0.603. The first-order chi connectivity index (χ1) is 11.2. The Balaban J connectivity index is 0.00000208. The molecule has 1 N–H and O–H groups in total. The lowest BCUT2D eigenvalue weighted by molar-refractivity contribution is 0.296.